The van der Waals surface area contributed by atoms with Gasteiger partial charge in [0.15, 0.2) is 0 Å². The zero-order chi connectivity index (χ0) is 12.7. The van der Waals surface area contributed by atoms with Gasteiger partial charge in [0.2, 0.25) is 0 Å². The van der Waals surface area contributed by atoms with Crippen molar-refractivity contribution in [3.05, 3.63) is 35.1 Å². The molecule has 3 rings (SSSR count). The second-order valence-corrected chi connectivity index (χ2v) is 6.03. The lowest BCUT2D eigenvalue weighted by molar-refractivity contribution is 0.345. The zero-order valence-corrected chi connectivity index (χ0v) is 11.2. The van der Waals surface area contributed by atoms with E-state index in [1.807, 2.05) is 13.0 Å². The van der Waals surface area contributed by atoms with Gasteiger partial charge >= 0.3 is 0 Å². The molecule has 0 saturated heterocycles. The van der Waals surface area contributed by atoms with E-state index >= 15 is 0 Å². The van der Waals surface area contributed by atoms with E-state index in [1.165, 1.54) is 19.3 Å². The maximum Gasteiger partial charge on any atom is 0.126 e. The summed E-state index contributed by atoms with van der Waals surface area (Å²) in [6.07, 6.45) is 4.10. The molecule has 2 saturated carbocycles. The SMILES string of the molecule is CCNC(c1ccc(C)c(F)c1)C1CC2CC2C1. The minimum atomic E-state index is -0.0708. The number of benzene rings is 1. The first-order chi connectivity index (χ1) is 8.69. The number of aryl methyl sites for hydroxylation is 1. The Labute approximate surface area is 109 Å². The molecular formula is C16H22FN. The Balaban J connectivity index is 1.81. The summed E-state index contributed by atoms with van der Waals surface area (Å²) in [6.45, 7) is 4.91. The predicted molar refractivity (Wildman–Crippen MR) is 71.9 cm³/mol. The van der Waals surface area contributed by atoms with Crippen LogP contribution in [0.1, 0.15) is 43.4 Å². The van der Waals surface area contributed by atoms with Crippen molar-refractivity contribution >= 4 is 0 Å². The number of hydrogen-bond donors (Lipinski definition) is 1. The lowest BCUT2D eigenvalue weighted by Gasteiger charge is -2.26. The van der Waals surface area contributed by atoms with Crippen molar-refractivity contribution in [2.75, 3.05) is 6.54 Å². The number of hydrogen-bond acceptors (Lipinski definition) is 1. The highest BCUT2D eigenvalue weighted by molar-refractivity contribution is 5.27. The predicted octanol–water partition coefficient (Wildman–Crippen LogP) is 3.83. The van der Waals surface area contributed by atoms with Gasteiger partial charge in [0, 0.05) is 6.04 Å². The van der Waals surface area contributed by atoms with Crippen LogP contribution in [0.2, 0.25) is 0 Å². The van der Waals surface area contributed by atoms with Gasteiger partial charge in [0.05, 0.1) is 0 Å². The largest absolute Gasteiger partial charge is 0.310 e. The third kappa shape index (κ3) is 2.18. The maximum atomic E-state index is 13.7. The molecule has 0 heterocycles. The van der Waals surface area contributed by atoms with Crippen molar-refractivity contribution < 1.29 is 4.39 Å². The fraction of sp³-hybridized carbons (Fsp3) is 0.625. The van der Waals surface area contributed by atoms with E-state index in [9.17, 15) is 4.39 Å². The van der Waals surface area contributed by atoms with Crippen LogP contribution in [-0.4, -0.2) is 6.54 Å². The molecule has 2 heteroatoms. The van der Waals surface area contributed by atoms with Crippen LogP contribution >= 0.6 is 0 Å². The second kappa shape index (κ2) is 4.65. The monoisotopic (exact) mass is 247 g/mol. The summed E-state index contributed by atoms with van der Waals surface area (Å²) in [4.78, 5) is 0. The molecule has 1 nitrogen and oxygen atoms in total. The van der Waals surface area contributed by atoms with Crippen molar-refractivity contribution in [3.8, 4) is 0 Å². The summed E-state index contributed by atoms with van der Waals surface area (Å²) in [6, 6.07) is 6.07. The Kier molecular flexibility index (Phi) is 3.14. The molecule has 0 bridgehead atoms. The lowest BCUT2D eigenvalue weighted by atomic mass is 9.88. The molecule has 1 N–H and O–H groups in total. The molecule has 1 aromatic rings. The van der Waals surface area contributed by atoms with Gasteiger partial charge in [-0.05, 0) is 67.7 Å². The summed E-state index contributed by atoms with van der Waals surface area (Å²) < 4.78 is 13.7. The fourth-order valence-electron chi connectivity index (χ4n) is 3.61. The van der Waals surface area contributed by atoms with E-state index in [2.05, 4.69) is 18.3 Å². The van der Waals surface area contributed by atoms with Crippen molar-refractivity contribution in [2.45, 2.75) is 39.2 Å². The average molecular weight is 247 g/mol. The molecule has 2 fully saturated rings. The normalized spacial score (nSPS) is 31.2. The van der Waals surface area contributed by atoms with Gasteiger partial charge in [-0.15, -0.1) is 0 Å². The van der Waals surface area contributed by atoms with Crippen molar-refractivity contribution in [1.29, 1.82) is 0 Å². The quantitative estimate of drug-likeness (QED) is 0.852. The zero-order valence-electron chi connectivity index (χ0n) is 11.2. The van der Waals surface area contributed by atoms with Crippen molar-refractivity contribution in [3.63, 3.8) is 0 Å². The molecule has 0 amide bonds. The van der Waals surface area contributed by atoms with E-state index in [0.29, 0.717) is 12.0 Å². The van der Waals surface area contributed by atoms with Gasteiger partial charge in [0.1, 0.15) is 5.82 Å². The summed E-state index contributed by atoms with van der Waals surface area (Å²) >= 11 is 0. The Morgan fingerprint density at radius 3 is 2.61 bits per heavy atom. The number of nitrogens with one attached hydrogen (secondary N) is 1. The highest BCUT2D eigenvalue weighted by atomic mass is 19.1. The van der Waals surface area contributed by atoms with Crippen LogP contribution in [0.4, 0.5) is 4.39 Å². The summed E-state index contributed by atoms with van der Waals surface area (Å²) in [5.74, 6) is 2.59. The van der Waals surface area contributed by atoms with Crippen LogP contribution in [0.3, 0.4) is 0 Å². The Morgan fingerprint density at radius 2 is 2.00 bits per heavy atom. The fourth-order valence-corrected chi connectivity index (χ4v) is 3.61. The van der Waals surface area contributed by atoms with Crippen molar-refractivity contribution in [2.24, 2.45) is 17.8 Å². The Hall–Kier alpha value is -0.890. The standard InChI is InChI=1S/C16H22FN/c1-3-18-16(14-7-12-6-13(12)8-14)11-5-4-10(2)15(17)9-11/h4-5,9,12-14,16,18H,3,6-8H2,1-2H3. The van der Waals surface area contributed by atoms with E-state index in [4.69, 9.17) is 0 Å². The average Bonchev–Trinajstić information content (AvgIpc) is 2.97. The highest BCUT2D eigenvalue weighted by Gasteiger charge is 2.47. The molecule has 0 aromatic heterocycles. The summed E-state index contributed by atoms with van der Waals surface area (Å²) in [7, 11) is 0. The van der Waals surface area contributed by atoms with Gasteiger partial charge < -0.3 is 5.32 Å². The van der Waals surface area contributed by atoms with Gasteiger partial charge in [0.25, 0.3) is 0 Å². The minimum Gasteiger partial charge on any atom is -0.310 e. The van der Waals surface area contributed by atoms with Crippen LogP contribution in [0.25, 0.3) is 0 Å². The molecule has 0 spiro atoms. The molecule has 18 heavy (non-hydrogen) atoms. The molecule has 0 radical (unpaired) electrons. The Bertz CT molecular complexity index is 433. The third-order valence-electron chi connectivity index (χ3n) is 4.73. The molecular weight excluding hydrogens is 225 g/mol. The molecule has 2 aliphatic rings. The number of halogens is 1. The maximum absolute atomic E-state index is 13.7. The molecule has 1 aromatic carbocycles. The van der Waals surface area contributed by atoms with Crippen LogP contribution in [0.15, 0.2) is 18.2 Å². The topological polar surface area (TPSA) is 12.0 Å². The summed E-state index contributed by atoms with van der Waals surface area (Å²) in [5.41, 5.74) is 1.87. The van der Waals surface area contributed by atoms with Crippen LogP contribution in [0.5, 0.6) is 0 Å². The lowest BCUT2D eigenvalue weighted by Crippen LogP contribution is -2.27. The first kappa shape index (κ1) is 12.2. The molecule has 3 atom stereocenters. The molecule has 2 aliphatic carbocycles. The first-order valence-electron chi connectivity index (χ1n) is 7.18. The number of rotatable bonds is 4. The third-order valence-corrected chi connectivity index (χ3v) is 4.73. The van der Waals surface area contributed by atoms with E-state index in [-0.39, 0.29) is 5.82 Å². The van der Waals surface area contributed by atoms with Crippen molar-refractivity contribution in [1.82, 2.24) is 5.32 Å². The summed E-state index contributed by atoms with van der Waals surface area (Å²) in [5, 5.41) is 3.56. The number of fused-ring (bicyclic) bond motifs is 1. The van der Waals surface area contributed by atoms with Crippen LogP contribution in [0, 0.1) is 30.5 Å². The second-order valence-electron chi connectivity index (χ2n) is 6.03. The van der Waals surface area contributed by atoms with E-state index < -0.39 is 0 Å². The van der Waals surface area contributed by atoms with Gasteiger partial charge in [-0.3, -0.25) is 0 Å². The van der Waals surface area contributed by atoms with Gasteiger partial charge in [-0.1, -0.05) is 19.1 Å². The highest BCUT2D eigenvalue weighted by Crippen LogP contribution is 2.57. The van der Waals surface area contributed by atoms with Gasteiger partial charge in [-0.25, -0.2) is 4.39 Å². The van der Waals surface area contributed by atoms with Crippen LogP contribution in [-0.2, 0) is 0 Å². The van der Waals surface area contributed by atoms with E-state index in [0.717, 1.165) is 29.5 Å². The minimum absolute atomic E-state index is 0.0708. The smallest absolute Gasteiger partial charge is 0.126 e. The first-order valence-corrected chi connectivity index (χ1v) is 7.18. The van der Waals surface area contributed by atoms with Crippen LogP contribution < -0.4 is 5.32 Å². The van der Waals surface area contributed by atoms with E-state index in [1.54, 1.807) is 6.07 Å². The molecule has 98 valence electrons. The molecule has 0 aliphatic heterocycles. The Morgan fingerprint density at radius 1 is 1.28 bits per heavy atom. The van der Waals surface area contributed by atoms with Gasteiger partial charge in [-0.2, -0.15) is 0 Å². The molecule has 3 unspecified atom stereocenters.